The van der Waals surface area contributed by atoms with Gasteiger partial charge in [-0.1, -0.05) is 30.7 Å². The molecule has 76 valence electrons. The molecule has 1 heteroatoms. The minimum atomic E-state index is 0.296. The Labute approximate surface area is 85.8 Å². The van der Waals surface area contributed by atoms with Crippen LogP contribution < -0.4 is 0 Å². The SMILES string of the molecule is OCCCc1ccc(C2CCC2)cc1. The molecule has 0 aliphatic heterocycles. The summed E-state index contributed by atoms with van der Waals surface area (Å²) in [7, 11) is 0. The van der Waals surface area contributed by atoms with E-state index in [-0.39, 0.29) is 0 Å². The van der Waals surface area contributed by atoms with Crippen molar-refractivity contribution < 1.29 is 5.11 Å². The minimum Gasteiger partial charge on any atom is -0.396 e. The Morgan fingerprint density at radius 3 is 2.36 bits per heavy atom. The molecule has 1 saturated carbocycles. The Morgan fingerprint density at radius 1 is 1.14 bits per heavy atom. The molecule has 1 nitrogen and oxygen atoms in total. The first kappa shape index (κ1) is 9.72. The summed E-state index contributed by atoms with van der Waals surface area (Å²) in [6.45, 7) is 0.296. The van der Waals surface area contributed by atoms with Crippen molar-refractivity contribution in [2.45, 2.75) is 38.0 Å². The van der Waals surface area contributed by atoms with E-state index >= 15 is 0 Å². The molecule has 1 fully saturated rings. The zero-order valence-electron chi connectivity index (χ0n) is 8.58. The van der Waals surface area contributed by atoms with Crippen LogP contribution in [0.5, 0.6) is 0 Å². The van der Waals surface area contributed by atoms with Crippen LogP contribution in [0.1, 0.15) is 42.7 Å². The van der Waals surface area contributed by atoms with Gasteiger partial charge >= 0.3 is 0 Å². The topological polar surface area (TPSA) is 20.2 Å². The second-order valence-electron chi connectivity index (χ2n) is 4.20. The van der Waals surface area contributed by atoms with E-state index in [2.05, 4.69) is 24.3 Å². The maximum atomic E-state index is 8.72. The number of aliphatic hydroxyl groups is 1. The third-order valence-electron chi connectivity index (χ3n) is 3.18. The second-order valence-corrected chi connectivity index (χ2v) is 4.20. The molecule has 14 heavy (non-hydrogen) atoms. The van der Waals surface area contributed by atoms with Gasteiger partial charge in [0.1, 0.15) is 0 Å². The van der Waals surface area contributed by atoms with Crippen molar-refractivity contribution >= 4 is 0 Å². The van der Waals surface area contributed by atoms with Crippen molar-refractivity contribution in [1.82, 2.24) is 0 Å². The van der Waals surface area contributed by atoms with E-state index in [1.807, 2.05) is 0 Å². The molecule has 1 aromatic rings. The summed E-state index contributed by atoms with van der Waals surface area (Å²) in [5.41, 5.74) is 2.85. The number of aryl methyl sites for hydroxylation is 1. The van der Waals surface area contributed by atoms with Gasteiger partial charge in [-0.15, -0.1) is 0 Å². The van der Waals surface area contributed by atoms with Gasteiger partial charge in [-0.2, -0.15) is 0 Å². The normalized spacial score (nSPS) is 16.6. The molecule has 1 aliphatic carbocycles. The number of hydrogen-bond donors (Lipinski definition) is 1. The Balaban J connectivity index is 1.95. The average Bonchev–Trinajstić information content (AvgIpc) is 2.14. The molecular formula is C13H18O. The third kappa shape index (κ3) is 2.16. The smallest absolute Gasteiger partial charge is 0.0434 e. The first-order valence-corrected chi connectivity index (χ1v) is 5.60. The van der Waals surface area contributed by atoms with E-state index in [4.69, 9.17) is 5.11 Å². The Hall–Kier alpha value is -0.820. The van der Waals surface area contributed by atoms with Crippen molar-refractivity contribution in [3.05, 3.63) is 35.4 Å². The lowest BCUT2D eigenvalue weighted by atomic mass is 9.80. The summed E-state index contributed by atoms with van der Waals surface area (Å²) in [5.74, 6) is 0.835. The Bertz CT molecular complexity index is 272. The Kier molecular flexibility index (Phi) is 3.20. The van der Waals surface area contributed by atoms with Crippen LogP contribution in [0.3, 0.4) is 0 Å². The summed E-state index contributed by atoms with van der Waals surface area (Å²) >= 11 is 0. The van der Waals surface area contributed by atoms with E-state index in [0.29, 0.717) is 6.61 Å². The molecule has 1 N–H and O–H groups in total. The summed E-state index contributed by atoms with van der Waals surface area (Å²) in [5, 5.41) is 8.72. The van der Waals surface area contributed by atoms with Gasteiger partial charge in [-0.25, -0.2) is 0 Å². The van der Waals surface area contributed by atoms with Crippen LogP contribution in [0, 0.1) is 0 Å². The van der Waals surface area contributed by atoms with Gasteiger partial charge in [0.15, 0.2) is 0 Å². The van der Waals surface area contributed by atoms with E-state index in [9.17, 15) is 0 Å². The molecule has 2 rings (SSSR count). The Morgan fingerprint density at radius 2 is 1.86 bits per heavy atom. The quantitative estimate of drug-likeness (QED) is 0.774. The van der Waals surface area contributed by atoms with Gasteiger partial charge in [0.2, 0.25) is 0 Å². The van der Waals surface area contributed by atoms with E-state index < -0.39 is 0 Å². The van der Waals surface area contributed by atoms with Crippen molar-refractivity contribution in [2.24, 2.45) is 0 Å². The van der Waals surface area contributed by atoms with Crippen molar-refractivity contribution in [2.75, 3.05) is 6.61 Å². The first-order valence-electron chi connectivity index (χ1n) is 5.60. The highest BCUT2D eigenvalue weighted by Crippen LogP contribution is 2.36. The highest BCUT2D eigenvalue weighted by Gasteiger charge is 2.18. The fourth-order valence-electron chi connectivity index (χ4n) is 1.98. The molecule has 0 atom stereocenters. The highest BCUT2D eigenvalue weighted by molar-refractivity contribution is 5.26. The van der Waals surface area contributed by atoms with Gasteiger partial charge < -0.3 is 5.11 Å². The minimum absolute atomic E-state index is 0.296. The average molecular weight is 190 g/mol. The maximum absolute atomic E-state index is 8.72. The van der Waals surface area contributed by atoms with Crippen molar-refractivity contribution in [3.63, 3.8) is 0 Å². The summed E-state index contributed by atoms with van der Waals surface area (Å²) < 4.78 is 0. The summed E-state index contributed by atoms with van der Waals surface area (Å²) in [6, 6.07) is 8.94. The van der Waals surface area contributed by atoms with Gasteiger partial charge in [0.05, 0.1) is 0 Å². The predicted octanol–water partition coefficient (Wildman–Crippen LogP) is 2.88. The van der Waals surface area contributed by atoms with Crippen LogP contribution in [0.4, 0.5) is 0 Å². The van der Waals surface area contributed by atoms with Gasteiger partial charge in [0, 0.05) is 6.61 Å². The maximum Gasteiger partial charge on any atom is 0.0434 e. The lowest BCUT2D eigenvalue weighted by Crippen LogP contribution is -2.08. The lowest BCUT2D eigenvalue weighted by Gasteiger charge is -2.25. The van der Waals surface area contributed by atoms with Crippen LogP contribution in [0.2, 0.25) is 0 Å². The zero-order chi connectivity index (χ0) is 9.80. The van der Waals surface area contributed by atoms with Crippen LogP contribution in [-0.2, 0) is 6.42 Å². The van der Waals surface area contributed by atoms with E-state index in [1.165, 1.54) is 30.4 Å². The van der Waals surface area contributed by atoms with Crippen LogP contribution in [-0.4, -0.2) is 11.7 Å². The lowest BCUT2D eigenvalue weighted by molar-refractivity contribution is 0.288. The molecule has 0 spiro atoms. The first-order chi connectivity index (χ1) is 6.90. The van der Waals surface area contributed by atoms with Gasteiger partial charge in [0.25, 0.3) is 0 Å². The fourth-order valence-corrected chi connectivity index (χ4v) is 1.98. The van der Waals surface area contributed by atoms with Crippen molar-refractivity contribution in [1.29, 1.82) is 0 Å². The number of rotatable bonds is 4. The molecule has 0 amide bonds. The largest absolute Gasteiger partial charge is 0.396 e. The third-order valence-corrected chi connectivity index (χ3v) is 3.18. The number of benzene rings is 1. The summed E-state index contributed by atoms with van der Waals surface area (Å²) in [4.78, 5) is 0. The number of aliphatic hydroxyl groups excluding tert-OH is 1. The van der Waals surface area contributed by atoms with E-state index in [0.717, 1.165) is 18.8 Å². The van der Waals surface area contributed by atoms with Gasteiger partial charge in [-0.05, 0) is 42.7 Å². The molecule has 0 unspecified atom stereocenters. The van der Waals surface area contributed by atoms with Crippen LogP contribution in [0.15, 0.2) is 24.3 Å². The number of hydrogen-bond acceptors (Lipinski definition) is 1. The molecular weight excluding hydrogens is 172 g/mol. The molecule has 0 saturated heterocycles. The van der Waals surface area contributed by atoms with Crippen LogP contribution >= 0.6 is 0 Å². The molecule has 0 heterocycles. The van der Waals surface area contributed by atoms with Crippen LogP contribution in [0.25, 0.3) is 0 Å². The highest BCUT2D eigenvalue weighted by atomic mass is 16.2. The molecule has 1 aromatic carbocycles. The second kappa shape index (κ2) is 4.61. The molecule has 0 radical (unpaired) electrons. The predicted molar refractivity (Wildman–Crippen MR) is 58.4 cm³/mol. The van der Waals surface area contributed by atoms with Crippen molar-refractivity contribution in [3.8, 4) is 0 Å². The summed E-state index contributed by atoms with van der Waals surface area (Å²) in [6.07, 6.45) is 6.02. The zero-order valence-corrected chi connectivity index (χ0v) is 8.58. The molecule has 1 aliphatic rings. The standard InChI is InChI=1S/C13H18O/c14-10-2-3-11-6-8-13(9-7-11)12-4-1-5-12/h6-9,12,14H,1-5,10H2. The fraction of sp³-hybridized carbons (Fsp3) is 0.538. The van der Waals surface area contributed by atoms with E-state index in [1.54, 1.807) is 0 Å². The molecule has 0 aromatic heterocycles. The van der Waals surface area contributed by atoms with Gasteiger partial charge in [-0.3, -0.25) is 0 Å². The monoisotopic (exact) mass is 190 g/mol. The molecule has 0 bridgehead atoms.